The van der Waals surface area contributed by atoms with Crippen molar-refractivity contribution in [1.29, 1.82) is 5.26 Å². The summed E-state index contributed by atoms with van der Waals surface area (Å²) >= 11 is 0. The highest BCUT2D eigenvalue weighted by Crippen LogP contribution is 2.19. The second-order valence-corrected chi connectivity index (χ2v) is 5.94. The van der Waals surface area contributed by atoms with Gasteiger partial charge in [-0.15, -0.1) is 0 Å². The van der Waals surface area contributed by atoms with Gasteiger partial charge in [-0.1, -0.05) is 6.07 Å². The van der Waals surface area contributed by atoms with Crippen LogP contribution in [0.3, 0.4) is 0 Å². The summed E-state index contributed by atoms with van der Waals surface area (Å²) in [6, 6.07) is 6.66. The van der Waals surface area contributed by atoms with Crippen LogP contribution in [0.4, 0.5) is 5.69 Å². The lowest BCUT2D eigenvalue weighted by molar-refractivity contribution is -0.107. The van der Waals surface area contributed by atoms with Gasteiger partial charge in [-0.25, -0.2) is 0 Å². The normalized spacial score (nSPS) is 11.1. The molecule has 0 unspecified atom stereocenters. The van der Waals surface area contributed by atoms with Crippen LogP contribution in [-0.2, 0) is 0 Å². The number of benzene rings is 1. The van der Waals surface area contributed by atoms with Crippen molar-refractivity contribution in [2.75, 3.05) is 11.9 Å². The maximum absolute atomic E-state index is 9.10. The minimum Gasteiger partial charge on any atom is -0.423 e. The molecule has 0 radical (unpaired) electrons. The molecule has 0 amide bonds. The Balaban J connectivity index is 0.000000472. The zero-order valence-electron chi connectivity index (χ0n) is 13.8. The smallest absolute Gasteiger partial charge is 0.423 e. The highest BCUT2D eigenvalue weighted by Gasteiger charge is 2.31. The third kappa shape index (κ3) is 6.45. The summed E-state index contributed by atoms with van der Waals surface area (Å²) in [7, 11) is -1.50. The van der Waals surface area contributed by atoms with Crippen LogP contribution in [0.5, 0.6) is 0 Å². The van der Waals surface area contributed by atoms with Crippen molar-refractivity contribution in [2.45, 2.75) is 45.8 Å². The van der Waals surface area contributed by atoms with Crippen LogP contribution in [0.25, 0.3) is 0 Å². The van der Waals surface area contributed by atoms with Crippen LogP contribution in [0.15, 0.2) is 18.2 Å². The highest BCUT2D eigenvalue weighted by atomic mass is 16.4. The van der Waals surface area contributed by atoms with E-state index in [9.17, 15) is 0 Å². The van der Waals surface area contributed by atoms with E-state index in [1.807, 2.05) is 13.0 Å². The molecular weight excluding hydrogens is 283 g/mol. The summed E-state index contributed by atoms with van der Waals surface area (Å²) < 4.78 is 0. The van der Waals surface area contributed by atoms with E-state index in [0.29, 0.717) is 23.3 Å². The Labute approximate surface area is 132 Å². The van der Waals surface area contributed by atoms with Crippen LogP contribution in [0.1, 0.15) is 40.2 Å². The molecule has 0 aliphatic rings. The van der Waals surface area contributed by atoms with Gasteiger partial charge in [-0.05, 0) is 52.2 Å². The maximum atomic E-state index is 9.10. The van der Waals surface area contributed by atoms with Gasteiger partial charge in [0.1, 0.15) is 6.07 Å². The van der Waals surface area contributed by atoms with Gasteiger partial charge in [0.2, 0.25) is 0 Å². The van der Waals surface area contributed by atoms with Crippen LogP contribution in [0.2, 0.25) is 0 Å². The number of aliphatic hydroxyl groups is 2. The Hall–Kier alpha value is -1.59. The number of hydrogen-bond acceptors (Lipinski definition) is 6. The molecule has 6 nitrogen and oxygen atoms in total. The Kier molecular flexibility index (Phi) is 7.57. The molecule has 0 fully saturated rings. The molecule has 0 saturated heterocycles. The van der Waals surface area contributed by atoms with Crippen molar-refractivity contribution in [1.82, 2.24) is 0 Å². The lowest BCUT2D eigenvalue weighted by Gasteiger charge is -2.31. The van der Waals surface area contributed by atoms with Crippen molar-refractivity contribution < 1.29 is 20.3 Å². The van der Waals surface area contributed by atoms with E-state index in [4.69, 9.17) is 25.5 Å². The van der Waals surface area contributed by atoms with Crippen molar-refractivity contribution >= 4 is 18.3 Å². The second kappa shape index (κ2) is 8.15. The van der Waals surface area contributed by atoms with Gasteiger partial charge in [-0.2, -0.15) is 5.26 Å². The third-order valence-electron chi connectivity index (χ3n) is 3.33. The first-order chi connectivity index (χ1) is 9.94. The second-order valence-electron chi connectivity index (χ2n) is 5.94. The molecule has 5 N–H and O–H groups in total. The van der Waals surface area contributed by atoms with E-state index in [1.165, 1.54) is 6.07 Å². The molecule has 0 spiro atoms. The molecule has 0 heterocycles. The van der Waals surface area contributed by atoms with E-state index in [2.05, 4.69) is 5.32 Å². The minimum absolute atomic E-state index is 0.375. The molecule has 1 rings (SSSR count). The number of nitrogens with one attached hydrogen (secondary N) is 1. The Morgan fingerprint density at radius 2 is 1.64 bits per heavy atom. The zero-order valence-corrected chi connectivity index (χ0v) is 13.8. The Bertz CT molecular complexity index is 502. The van der Waals surface area contributed by atoms with E-state index in [0.717, 1.165) is 0 Å². The van der Waals surface area contributed by atoms with Crippen LogP contribution in [-0.4, -0.2) is 45.1 Å². The lowest BCUT2D eigenvalue weighted by atomic mass is 9.79. The summed E-state index contributed by atoms with van der Waals surface area (Å²) in [5, 5.41) is 47.8. The standard InChI is InChI=1S/C9H11BN2O2.C6H14O2/c1-2-12-9-5-8(10(13)14)4-3-7(9)6-11;1-5(2,7)6(3,4)8/h3-5,12-14H,2H2,1H3;7-8H,1-4H3. The molecule has 0 bridgehead atoms. The summed E-state index contributed by atoms with van der Waals surface area (Å²) in [4.78, 5) is 0. The fourth-order valence-electron chi connectivity index (χ4n) is 1.16. The van der Waals surface area contributed by atoms with E-state index < -0.39 is 18.3 Å². The summed E-state index contributed by atoms with van der Waals surface area (Å²) in [5.74, 6) is 0. The van der Waals surface area contributed by atoms with Gasteiger partial charge >= 0.3 is 7.12 Å². The molecule has 1 aromatic carbocycles. The quantitative estimate of drug-likeness (QED) is 0.507. The fourth-order valence-corrected chi connectivity index (χ4v) is 1.16. The molecule has 22 heavy (non-hydrogen) atoms. The first-order valence-electron chi connectivity index (χ1n) is 7.02. The summed E-state index contributed by atoms with van der Waals surface area (Å²) in [6.07, 6.45) is 0. The topological polar surface area (TPSA) is 117 Å². The summed E-state index contributed by atoms with van der Waals surface area (Å²) in [5.41, 5.74) is -0.517. The summed E-state index contributed by atoms with van der Waals surface area (Å²) in [6.45, 7) is 8.89. The van der Waals surface area contributed by atoms with Crippen LogP contribution < -0.4 is 10.8 Å². The molecule has 0 saturated carbocycles. The Morgan fingerprint density at radius 1 is 1.14 bits per heavy atom. The predicted octanol–water partition coefficient (Wildman–Crippen LogP) is 0.198. The van der Waals surface area contributed by atoms with Crippen LogP contribution in [0, 0.1) is 11.3 Å². The molecule has 0 atom stereocenters. The van der Waals surface area contributed by atoms with Gasteiger partial charge < -0.3 is 25.6 Å². The number of nitriles is 1. The number of nitrogens with zero attached hydrogens (tertiary/aromatic N) is 1. The van der Waals surface area contributed by atoms with E-state index in [1.54, 1.807) is 39.8 Å². The molecular formula is C15H25BN2O4. The molecule has 0 aliphatic heterocycles. The first-order valence-corrected chi connectivity index (χ1v) is 7.02. The SMILES string of the molecule is CC(C)(O)C(C)(C)O.CCNc1cc(B(O)O)ccc1C#N. The van der Waals surface area contributed by atoms with Crippen molar-refractivity contribution in [3.63, 3.8) is 0 Å². The predicted molar refractivity (Wildman–Crippen MR) is 87.7 cm³/mol. The fraction of sp³-hybridized carbons (Fsp3) is 0.533. The monoisotopic (exact) mass is 308 g/mol. The highest BCUT2D eigenvalue weighted by molar-refractivity contribution is 6.58. The lowest BCUT2D eigenvalue weighted by Crippen LogP contribution is -2.44. The Morgan fingerprint density at radius 3 is 1.95 bits per heavy atom. The number of rotatable bonds is 4. The number of anilines is 1. The van der Waals surface area contributed by atoms with Gasteiger partial charge in [0, 0.05) is 6.54 Å². The van der Waals surface area contributed by atoms with Crippen molar-refractivity contribution in [3.8, 4) is 6.07 Å². The molecule has 7 heteroatoms. The number of hydrogen-bond donors (Lipinski definition) is 5. The van der Waals surface area contributed by atoms with Gasteiger partial charge in [-0.3, -0.25) is 0 Å². The average molecular weight is 308 g/mol. The van der Waals surface area contributed by atoms with Gasteiger partial charge in [0.15, 0.2) is 0 Å². The van der Waals surface area contributed by atoms with Crippen LogP contribution >= 0.6 is 0 Å². The molecule has 0 aromatic heterocycles. The van der Waals surface area contributed by atoms with E-state index in [-0.39, 0.29) is 0 Å². The van der Waals surface area contributed by atoms with Crippen molar-refractivity contribution in [2.24, 2.45) is 0 Å². The van der Waals surface area contributed by atoms with Gasteiger partial charge in [0.05, 0.1) is 22.5 Å². The van der Waals surface area contributed by atoms with Gasteiger partial charge in [0.25, 0.3) is 0 Å². The largest absolute Gasteiger partial charge is 0.488 e. The molecule has 0 aliphatic carbocycles. The van der Waals surface area contributed by atoms with E-state index >= 15 is 0 Å². The average Bonchev–Trinajstić information content (AvgIpc) is 2.37. The molecule has 122 valence electrons. The zero-order chi connectivity index (χ0) is 17.6. The first kappa shape index (κ1) is 20.4. The minimum atomic E-state index is -1.50. The molecule has 1 aromatic rings. The maximum Gasteiger partial charge on any atom is 0.488 e. The third-order valence-corrected chi connectivity index (χ3v) is 3.33. The van der Waals surface area contributed by atoms with Crippen molar-refractivity contribution in [3.05, 3.63) is 23.8 Å².